The summed E-state index contributed by atoms with van der Waals surface area (Å²) in [7, 11) is -4.60. The maximum absolute atomic E-state index is 14.0. The Hall–Kier alpha value is -2.95. The molecule has 3 rings (SSSR count). The van der Waals surface area contributed by atoms with Crippen molar-refractivity contribution in [2.75, 3.05) is 15.5 Å². The number of nitrogens with two attached hydrogens (primary N) is 3. The number of hydrazine groups is 3. The fourth-order valence-corrected chi connectivity index (χ4v) is 4.59. The van der Waals surface area contributed by atoms with Crippen molar-refractivity contribution in [1.82, 2.24) is 0 Å². The van der Waals surface area contributed by atoms with E-state index >= 15 is 0 Å². The summed E-state index contributed by atoms with van der Waals surface area (Å²) in [5.41, 5.74) is 4.32. The zero-order chi connectivity index (χ0) is 28.0. The number of benzene rings is 3. The van der Waals surface area contributed by atoms with Gasteiger partial charge in [0.25, 0.3) is 0 Å². The van der Waals surface area contributed by atoms with Crippen LogP contribution >= 0.6 is 7.82 Å². The first kappa shape index (κ1) is 29.6. The maximum Gasteiger partial charge on any atom is 0.543 e. The van der Waals surface area contributed by atoms with Crippen molar-refractivity contribution < 1.29 is 18.4 Å². The van der Waals surface area contributed by atoms with Gasteiger partial charge in [0.2, 0.25) is 0 Å². The van der Waals surface area contributed by atoms with Gasteiger partial charge in [-0.15, -0.1) is 13.9 Å². The molecule has 0 aliphatic rings. The van der Waals surface area contributed by atoms with Gasteiger partial charge in [0.1, 0.15) is 0 Å². The van der Waals surface area contributed by atoms with E-state index in [1.165, 1.54) is 0 Å². The lowest BCUT2D eigenvalue weighted by atomic mass is 10.0. The van der Waals surface area contributed by atoms with Crippen molar-refractivity contribution in [2.45, 2.75) is 59.3 Å². The third-order valence-corrected chi connectivity index (χ3v) is 7.07. The highest BCUT2D eigenvalue weighted by Crippen LogP contribution is 2.52. The minimum Gasteiger partial charge on any atom is -0.222 e. The van der Waals surface area contributed by atoms with Crippen LogP contribution in [0.3, 0.4) is 0 Å². The molecule has 0 spiro atoms. The SMILES string of the molecule is CC(C)c1cccc(N(N)OP(=O)(ON(N)c2cccc(C(C)C)c2)ON(N)c2cccc(C(C)C)c2)c1. The largest absolute Gasteiger partial charge is 0.543 e. The lowest BCUT2D eigenvalue weighted by Crippen LogP contribution is -2.38. The standard InChI is InChI=1S/C27H39N6O4P/c1-19(2)22-10-7-13-25(16-22)31(28)35-38(34,36-32(29)26-14-8-11-23(17-26)20(3)4)37-33(30)27-15-9-12-24(18-27)21(5)6/h7-21H,28-30H2,1-6H3. The molecule has 0 aliphatic heterocycles. The zero-order valence-corrected chi connectivity index (χ0v) is 23.7. The topological polar surface area (TPSA) is 133 Å². The Morgan fingerprint density at radius 3 is 1.05 bits per heavy atom. The molecule has 3 aromatic rings. The molecule has 11 heteroatoms. The molecule has 0 radical (unpaired) electrons. The van der Waals surface area contributed by atoms with E-state index in [1.54, 1.807) is 18.2 Å². The summed E-state index contributed by atoms with van der Waals surface area (Å²) >= 11 is 0. The first-order valence-corrected chi connectivity index (χ1v) is 14.0. The molecule has 0 heterocycles. The number of nitrogens with zero attached hydrogens (tertiary/aromatic N) is 3. The molecule has 0 fully saturated rings. The second kappa shape index (κ2) is 12.7. The second-order valence-electron chi connectivity index (χ2n) is 9.92. The lowest BCUT2D eigenvalue weighted by Gasteiger charge is -2.29. The summed E-state index contributed by atoms with van der Waals surface area (Å²) in [6.45, 7) is 12.3. The molecule has 0 atom stereocenters. The van der Waals surface area contributed by atoms with Crippen molar-refractivity contribution in [2.24, 2.45) is 17.5 Å². The molecule has 10 nitrogen and oxygen atoms in total. The third kappa shape index (κ3) is 7.78. The first-order chi connectivity index (χ1) is 17.9. The van der Waals surface area contributed by atoms with Crippen molar-refractivity contribution >= 4 is 24.9 Å². The fraction of sp³-hybridized carbons (Fsp3) is 0.333. The molecule has 0 bridgehead atoms. The smallest absolute Gasteiger partial charge is 0.222 e. The lowest BCUT2D eigenvalue weighted by molar-refractivity contribution is 0.0860. The van der Waals surface area contributed by atoms with Crippen molar-refractivity contribution in [3.8, 4) is 0 Å². The van der Waals surface area contributed by atoms with Crippen LogP contribution in [0.1, 0.15) is 76.0 Å². The molecular formula is C27H39N6O4P. The fourth-order valence-electron chi connectivity index (χ4n) is 3.57. The summed E-state index contributed by atoms with van der Waals surface area (Å²) in [5, 5.41) is 2.47. The van der Waals surface area contributed by atoms with Gasteiger partial charge in [0.15, 0.2) is 0 Å². The Kier molecular flexibility index (Phi) is 9.92. The molecule has 0 amide bonds. The van der Waals surface area contributed by atoms with Gasteiger partial charge < -0.3 is 0 Å². The number of anilines is 3. The molecular weight excluding hydrogens is 503 g/mol. The molecule has 38 heavy (non-hydrogen) atoms. The van der Waals surface area contributed by atoms with Crippen LogP contribution in [0.2, 0.25) is 0 Å². The van der Waals surface area contributed by atoms with Gasteiger partial charge in [-0.1, -0.05) is 77.9 Å². The maximum atomic E-state index is 14.0. The predicted molar refractivity (Wildman–Crippen MR) is 152 cm³/mol. The second-order valence-corrected chi connectivity index (χ2v) is 11.3. The van der Waals surface area contributed by atoms with E-state index in [0.717, 1.165) is 32.2 Å². The number of hydrogen-bond donors (Lipinski definition) is 3. The highest BCUT2D eigenvalue weighted by atomic mass is 31.2. The van der Waals surface area contributed by atoms with Crippen LogP contribution in [0.25, 0.3) is 0 Å². The van der Waals surface area contributed by atoms with Crippen LogP contribution in [-0.4, -0.2) is 0 Å². The molecule has 6 N–H and O–H groups in total. The quantitative estimate of drug-likeness (QED) is 0.134. The van der Waals surface area contributed by atoms with Crippen molar-refractivity contribution in [3.05, 3.63) is 89.5 Å². The summed E-state index contributed by atoms with van der Waals surface area (Å²) < 4.78 is 30.7. The summed E-state index contributed by atoms with van der Waals surface area (Å²) in [6.07, 6.45) is 0. The van der Waals surface area contributed by atoms with Crippen LogP contribution in [0.5, 0.6) is 0 Å². The Balaban J connectivity index is 1.91. The minimum absolute atomic E-state index is 0.239. The van der Waals surface area contributed by atoms with E-state index in [4.69, 9.17) is 31.4 Å². The highest BCUT2D eigenvalue weighted by Gasteiger charge is 2.37. The van der Waals surface area contributed by atoms with E-state index < -0.39 is 7.82 Å². The first-order valence-electron chi connectivity index (χ1n) is 12.5. The molecule has 0 saturated carbocycles. The number of hydrogen-bond acceptors (Lipinski definition) is 10. The Morgan fingerprint density at radius 1 is 0.553 bits per heavy atom. The van der Waals surface area contributed by atoms with Gasteiger partial charge in [0.05, 0.1) is 17.1 Å². The van der Waals surface area contributed by atoms with Gasteiger partial charge in [-0.3, -0.25) is 0 Å². The highest BCUT2D eigenvalue weighted by molar-refractivity contribution is 7.48. The van der Waals surface area contributed by atoms with Gasteiger partial charge in [-0.05, 0) is 70.8 Å². The monoisotopic (exact) mass is 542 g/mol. The minimum atomic E-state index is -4.60. The molecule has 0 aromatic heterocycles. The molecule has 206 valence electrons. The Bertz CT molecular complexity index is 1100. The predicted octanol–water partition coefficient (Wildman–Crippen LogP) is 6.40. The van der Waals surface area contributed by atoms with E-state index in [9.17, 15) is 4.57 Å². The number of phosphoric acid groups is 1. The van der Waals surface area contributed by atoms with Gasteiger partial charge in [0, 0.05) is 0 Å². The van der Waals surface area contributed by atoms with E-state index in [0.29, 0.717) is 17.1 Å². The van der Waals surface area contributed by atoms with Crippen LogP contribution in [0.4, 0.5) is 17.1 Å². The Labute approximate surface area is 225 Å². The number of rotatable bonds is 12. The van der Waals surface area contributed by atoms with Crippen molar-refractivity contribution in [3.63, 3.8) is 0 Å². The normalized spacial score (nSPS) is 11.9. The molecule has 0 aliphatic carbocycles. The van der Waals surface area contributed by atoms with Crippen LogP contribution in [0, 0.1) is 0 Å². The van der Waals surface area contributed by atoms with Crippen LogP contribution in [0.15, 0.2) is 72.8 Å². The summed E-state index contributed by atoms with van der Waals surface area (Å²) in [4.78, 5) is 0. The molecule has 0 saturated heterocycles. The summed E-state index contributed by atoms with van der Waals surface area (Å²) in [6, 6.07) is 21.9. The van der Waals surface area contributed by atoms with E-state index in [1.807, 2.05) is 96.1 Å². The Morgan fingerprint density at radius 2 is 0.816 bits per heavy atom. The summed E-state index contributed by atoms with van der Waals surface area (Å²) in [5.74, 6) is 19.2. The average molecular weight is 543 g/mol. The van der Waals surface area contributed by atoms with Crippen molar-refractivity contribution in [1.29, 1.82) is 0 Å². The average Bonchev–Trinajstić information content (AvgIpc) is 2.88. The van der Waals surface area contributed by atoms with E-state index in [2.05, 4.69) is 0 Å². The van der Waals surface area contributed by atoms with Crippen LogP contribution < -0.4 is 33.0 Å². The van der Waals surface area contributed by atoms with Gasteiger partial charge >= 0.3 is 7.82 Å². The van der Waals surface area contributed by atoms with Crippen LogP contribution in [-0.2, 0) is 18.4 Å². The third-order valence-electron chi connectivity index (χ3n) is 5.94. The van der Waals surface area contributed by atoms with Gasteiger partial charge in [-0.2, -0.15) is 15.5 Å². The zero-order valence-electron chi connectivity index (χ0n) is 22.8. The molecule has 0 unspecified atom stereocenters. The molecule has 3 aromatic carbocycles. The van der Waals surface area contributed by atoms with E-state index in [-0.39, 0.29) is 17.8 Å². The van der Waals surface area contributed by atoms with Gasteiger partial charge in [-0.25, -0.2) is 22.1 Å².